The molecule has 0 saturated carbocycles. The van der Waals surface area contributed by atoms with E-state index in [1.807, 2.05) is 32.0 Å². The van der Waals surface area contributed by atoms with Crippen LogP contribution < -0.4 is 4.90 Å². The maximum atomic E-state index is 13.9. The van der Waals surface area contributed by atoms with Crippen molar-refractivity contribution in [1.29, 1.82) is 0 Å². The molecule has 1 amide bonds. The van der Waals surface area contributed by atoms with Crippen LogP contribution >= 0.6 is 11.3 Å². The number of thiazole rings is 1. The molecule has 1 atom stereocenters. The fraction of sp³-hybridized carbons (Fsp3) is 0.280. The number of benzene rings is 2. The third-order valence-corrected chi connectivity index (χ3v) is 9.00. The number of hydrogen-bond donors (Lipinski definition) is 0. The first-order chi connectivity index (χ1) is 16.3. The number of sulfonamides is 1. The highest BCUT2D eigenvalue weighted by Gasteiger charge is 2.42. The molecule has 2 aromatic carbocycles. The maximum absolute atomic E-state index is 13.9. The van der Waals surface area contributed by atoms with Gasteiger partial charge in [-0.2, -0.15) is 4.31 Å². The Kier molecular flexibility index (Phi) is 6.01. The van der Waals surface area contributed by atoms with E-state index in [0.29, 0.717) is 30.3 Å². The first-order valence-electron chi connectivity index (χ1n) is 11.1. The van der Waals surface area contributed by atoms with E-state index in [0.717, 1.165) is 21.3 Å². The summed E-state index contributed by atoms with van der Waals surface area (Å²) in [5.41, 5.74) is 2.89. The van der Waals surface area contributed by atoms with Crippen LogP contribution in [0.5, 0.6) is 0 Å². The van der Waals surface area contributed by atoms with E-state index in [1.54, 1.807) is 47.6 Å². The zero-order chi connectivity index (χ0) is 23.9. The van der Waals surface area contributed by atoms with Gasteiger partial charge in [-0.25, -0.2) is 13.4 Å². The minimum absolute atomic E-state index is 0.180. The summed E-state index contributed by atoms with van der Waals surface area (Å²) in [6, 6.07) is 15.5. The van der Waals surface area contributed by atoms with Crippen LogP contribution in [0.2, 0.25) is 0 Å². The number of aromatic nitrogens is 1. The Morgan fingerprint density at radius 2 is 1.91 bits per heavy atom. The van der Waals surface area contributed by atoms with Gasteiger partial charge in [0.15, 0.2) is 5.13 Å². The molecule has 176 valence electrons. The van der Waals surface area contributed by atoms with E-state index in [2.05, 4.69) is 0 Å². The van der Waals surface area contributed by atoms with Crippen molar-refractivity contribution >= 4 is 42.6 Å². The number of furan rings is 1. The highest BCUT2D eigenvalue weighted by Crippen LogP contribution is 2.34. The van der Waals surface area contributed by atoms with Crippen molar-refractivity contribution in [2.45, 2.75) is 44.2 Å². The Labute approximate surface area is 202 Å². The standard InChI is InChI=1S/C25H25N3O4S2/c1-17-7-10-20(11-8-17)34(30,31)28-13-3-6-22(28)24(29)27(16-19-5-4-14-32-19)25-26-21-12-9-18(2)15-23(21)33-25/h4-5,7-12,14-15,22H,3,6,13,16H2,1-2H3/t22-/m1/s1. The first-order valence-corrected chi connectivity index (χ1v) is 13.4. The second-order valence-electron chi connectivity index (χ2n) is 8.56. The van der Waals surface area contributed by atoms with Crippen LogP contribution in [-0.4, -0.2) is 36.2 Å². The van der Waals surface area contributed by atoms with E-state index in [-0.39, 0.29) is 17.3 Å². The summed E-state index contributed by atoms with van der Waals surface area (Å²) in [5, 5.41) is 0.529. The van der Waals surface area contributed by atoms with Crippen LogP contribution in [0.25, 0.3) is 10.2 Å². The summed E-state index contributed by atoms with van der Waals surface area (Å²) < 4.78 is 34.7. The quantitative estimate of drug-likeness (QED) is 0.380. The van der Waals surface area contributed by atoms with Crippen molar-refractivity contribution < 1.29 is 17.6 Å². The van der Waals surface area contributed by atoms with E-state index in [1.165, 1.54) is 15.6 Å². The largest absolute Gasteiger partial charge is 0.467 e. The fourth-order valence-electron chi connectivity index (χ4n) is 4.23. The molecule has 5 rings (SSSR count). The van der Waals surface area contributed by atoms with Gasteiger partial charge in [-0.05, 0) is 68.7 Å². The molecule has 3 heterocycles. The molecule has 9 heteroatoms. The molecule has 2 aromatic heterocycles. The molecular weight excluding hydrogens is 470 g/mol. The van der Waals surface area contributed by atoms with Gasteiger partial charge in [0, 0.05) is 6.54 Å². The Bertz CT molecular complexity index is 1430. The van der Waals surface area contributed by atoms with Crippen molar-refractivity contribution in [2.24, 2.45) is 0 Å². The van der Waals surface area contributed by atoms with Gasteiger partial charge in [-0.3, -0.25) is 9.69 Å². The first kappa shape index (κ1) is 22.8. The molecule has 0 bridgehead atoms. The van der Waals surface area contributed by atoms with Crippen LogP contribution in [-0.2, 0) is 21.4 Å². The summed E-state index contributed by atoms with van der Waals surface area (Å²) >= 11 is 1.42. The number of carbonyl (C=O) groups excluding carboxylic acids is 1. The van der Waals surface area contributed by atoms with E-state index in [4.69, 9.17) is 9.40 Å². The molecule has 0 spiro atoms. The average molecular weight is 496 g/mol. The summed E-state index contributed by atoms with van der Waals surface area (Å²) in [6.45, 7) is 4.40. The van der Waals surface area contributed by atoms with Gasteiger partial charge in [0.25, 0.3) is 0 Å². The molecule has 7 nitrogen and oxygen atoms in total. The molecule has 34 heavy (non-hydrogen) atoms. The number of amides is 1. The van der Waals surface area contributed by atoms with Crippen molar-refractivity contribution in [3.8, 4) is 0 Å². The molecule has 0 unspecified atom stereocenters. The number of fused-ring (bicyclic) bond motifs is 1. The van der Waals surface area contributed by atoms with E-state index < -0.39 is 16.1 Å². The zero-order valence-electron chi connectivity index (χ0n) is 19.0. The lowest BCUT2D eigenvalue weighted by molar-refractivity contribution is -0.121. The van der Waals surface area contributed by atoms with E-state index >= 15 is 0 Å². The van der Waals surface area contributed by atoms with Crippen LogP contribution in [0.3, 0.4) is 0 Å². The third-order valence-electron chi connectivity index (χ3n) is 6.04. The average Bonchev–Trinajstić information content (AvgIpc) is 3.57. The second-order valence-corrected chi connectivity index (χ2v) is 11.5. The number of rotatable bonds is 6. The summed E-state index contributed by atoms with van der Waals surface area (Å²) in [5.74, 6) is 0.315. The Morgan fingerprint density at radius 3 is 2.65 bits per heavy atom. The highest BCUT2D eigenvalue weighted by atomic mass is 32.2. The topological polar surface area (TPSA) is 83.7 Å². The van der Waals surface area contributed by atoms with Crippen LogP contribution in [0.15, 0.2) is 70.2 Å². The van der Waals surface area contributed by atoms with Gasteiger partial charge in [-0.1, -0.05) is 35.1 Å². The zero-order valence-corrected chi connectivity index (χ0v) is 20.6. The lowest BCUT2D eigenvalue weighted by Crippen LogP contribution is -2.47. The molecule has 0 N–H and O–H groups in total. The van der Waals surface area contributed by atoms with Crippen LogP contribution in [0.4, 0.5) is 5.13 Å². The minimum atomic E-state index is -3.81. The summed E-state index contributed by atoms with van der Waals surface area (Å²) in [7, 11) is -3.81. The fourth-order valence-corrected chi connectivity index (χ4v) is 6.95. The van der Waals surface area contributed by atoms with Crippen molar-refractivity contribution in [1.82, 2.24) is 9.29 Å². The van der Waals surface area contributed by atoms with Gasteiger partial charge in [0.1, 0.15) is 11.8 Å². The normalized spacial score (nSPS) is 16.8. The van der Waals surface area contributed by atoms with Crippen LogP contribution in [0, 0.1) is 13.8 Å². The van der Waals surface area contributed by atoms with Gasteiger partial charge in [0.2, 0.25) is 15.9 Å². The molecule has 1 saturated heterocycles. The summed E-state index contributed by atoms with van der Waals surface area (Å²) in [6.07, 6.45) is 2.64. The monoisotopic (exact) mass is 495 g/mol. The Balaban J connectivity index is 1.51. The van der Waals surface area contributed by atoms with Gasteiger partial charge < -0.3 is 4.42 Å². The Morgan fingerprint density at radius 1 is 1.15 bits per heavy atom. The number of nitrogens with zero attached hydrogens (tertiary/aromatic N) is 3. The highest BCUT2D eigenvalue weighted by molar-refractivity contribution is 7.89. The number of anilines is 1. The predicted molar refractivity (Wildman–Crippen MR) is 132 cm³/mol. The minimum Gasteiger partial charge on any atom is -0.467 e. The Hall–Kier alpha value is -3.01. The number of carbonyl (C=O) groups is 1. The number of aryl methyl sites for hydroxylation is 2. The van der Waals surface area contributed by atoms with Gasteiger partial charge in [0.05, 0.1) is 27.9 Å². The molecular formula is C25H25N3O4S2. The van der Waals surface area contributed by atoms with Crippen LogP contribution in [0.1, 0.15) is 29.7 Å². The smallest absolute Gasteiger partial charge is 0.247 e. The predicted octanol–water partition coefficient (Wildman–Crippen LogP) is 4.89. The maximum Gasteiger partial charge on any atom is 0.247 e. The molecule has 1 fully saturated rings. The van der Waals surface area contributed by atoms with E-state index in [9.17, 15) is 13.2 Å². The van der Waals surface area contributed by atoms with Crippen molar-refractivity contribution in [3.63, 3.8) is 0 Å². The van der Waals surface area contributed by atoms with Gasteiger partial charge in [-0.15, -0.1) is 0 Å². The molecule has 0 radical (unpaired) electrons. The third kappa shape index (κ3) is 4.26. The second kappa shape index (κ2) is 8.98. The molecule has 1 aliphatic heterocycles. The van der Waals surface area contributed by atoms with Gasteiger partial charge >= 0.3 is 0 Å². The van der Waals surface area contributed by atoms with Crippen molar-refractivity contribution in [2.75, 3.05) is 11.4 Å². The SMILES string of the molecule is Cc1ccc(S(=O)(=O)N2CCC[C@@H]2C(=O)N(Cc2ccco2)c2nc3ccc(C)cc3s2)cc1. The van der Waals surface area contributed by atoms with Crippen molar-refractivity contribution in [3.05, 3.63) is 77.7 Å². The molecule has 4 aromatic rings. The summed E-state index contributed by atoms with van der Waals surface area (Å²) in [4.78, 5) is 20.4. The number of hydrogen-bond acceptors (Lipinski definition) is 6. The molecule has 1 aliphatic rings. The lowest BCUT2D eigenvalue weighted by Gasteiger charge is -2.28. The lowest BCUT2D eigenvalue weighted by atomic mass is 10.2. The molecule has 0 aliphatic carbocycles.